The molecule has 0 spiro atoms. The topological polar surface area (TPSA) is 91.1 Å². The van der Waals surface area contributed by atoms with E-state index in [0.717, 1.165) is 11.1 Å². The van der Waals surface area contributed by atoms with Gasteiger partial charge < -0.3 is 10.5 Å². The molecule has 0 unspecified atom stereocenters. The van der Waals surface area contributed by atoms with E-state index in [2.05, 4.69) is 0 Å². The van der Waals surface area contributed by atoms with Gasteiger partial charge in [0.05, 0.1) is 11.3 Å². The van der Waals surface area contributed by atoms with Crippen LogP contribution in [0, 0.1) is 0 Å². The summed E-state index contributed by atoms with van der Waals surface area (Å²) >= 11 is 0. The van der Waals surface area contributed by atoms with Crippen LogP contribution in [0.3, 0.4) is 0 Å². The van der Waals surface area contributed by atoms with Crippen molar-refractivity contribution < 1.29 is 24.1 Å². The van der Waals surface area contributed by atoms with Gasteiger partial charge in [-0.25, -0.2) is 9.59 Å². The number of anilines is 2. The Morgan fingerprint density at radius 3 is 2.13 bits per heavy atom. The average molecular weight is 415 g/mol. The van der Waals surface area contributed by atoms with Crippen molar-refractivity contribution in [2.45, 2.75) is 52.7 Å². The van der Waals surface area contributed by atoms with Gasteiger partial charge in [0.15, 0.2) is 0 Å². The monoisotopic (exact) mass is 414 g/mol. The van der Waals surface area contributed by atoms with Crippen LogP contribution in [0.15, 0.2) is 42.5 Å². The van der Waals surface area contributed by atoms with Crippen molar-refractivity contribution >= 4 is 23.4 Å². The molecule has 2 aromatic carbocycles. The first-order valence-electron chi connectivity index (χ1n) is 9.64. The van der Waals surface area contributed by atoms with Crippen molar-refractivity contribution in [1.29, 1.82) is 0 Å². The summed E-state index contributed by atoms with van der Waals surface area (Å²) in [7, 11) is 1.64. The Hall–Kier alpha value is -3.06. The minimum Gasteiger partial charge on any atom is -0.443 e. The normalized spacial score (nSPS) is 11.7. The van der Waals surface area contributed by atoms with E-state index in [-0.39, 0.29) is 11.3 Å². The van der Waals surface area contributed by atoms with Gasteiger partial charge in [-0.15, -0.1) is 0 Å². The van der Waals surface area contributed by atoms with E-state index in [1.54, 1.807) is 46.0 Å². The van der Waals surface area contributed by atoms with Crippen molar-refractivity contribution in [1.82, 2.24) is 0 Å². The molecule has 0 atom stereocenters. The fourth-order valence-corrected chi connectivity index (χ4v) is 2.56. The third-order valence-corrected chi connectivity index (χ3v) is 3.88. The van der Waals surface area contributed by atoms with Gasteiger partial charge in [0.1, 0.15) is 11.2 Å². The molecule has 0 saturated heterocycles. The molecule has 7 heteroatoms. The maximum Gasteiger partial charge on any atom is 0.414 e. The Bertz CT molecular complexity index is 926. The molecule has 2 N–H and O–H groups in total. The van der Waals surface area contributed by atoms with Gasteiger partial charge in [0.2, 0.25) is 0 Å². The van der Waals surface area contributed by atoms with E-state index in [4.69, 9.17) is 20.2 Å². The Balaban J connectivity index is 2.32. The lowest BCUT2D eigenvalue weighted by atomic mass is 10.0. The third-order valence-electron chi connectivity index (χ3n) is 3.88. The highest BCUT2D eigenvalue weighted by molar-refractivity contribution is 5.98. The van der Waals surface area contributed by atoms with Crippen molar-refractivity contribution in [2.24, 2.45) is 0 Å². The number of benzene rings is 2. The summed E-state index contributed by atoms with van der Waals surface area (Å²) < 4.78 is 5.46. The Labute approximate surface area is 177 Å². The van der Waals surface area contributed by atoms with E-state index in [1.165, 1.54) is 4.90 Å². The van der Waals surface area contributed by atoms with Crippen LogP contribution in [-0.4, -0.2) is 30.3 Å². The predicted molar refractivity (Wildman–Crippen MR) is 117 cm³/mol. The SMILES string of the molecule is CN(C(=O)OC(C)(C)C)c1ccccc1-c1ccc(C(=O)OOC(C)(C)C)c(N)c1. The fraction of sp³-hybridized carbons (Fsp3) is 0.391. The van der Waals surface area contributed by atoms with Crippen LogP contribution in [0.2, 0.25) is 0 Å². The molecule has 30 heavy (non-hydrogen) atoms. The summed E-state index contributed by atoms with van der Waals surface area (Å²) in [4.78, 5) is 36.2. The van der Waals surface area contributed by atoms with Crippen LogP contribution in [-0.2, 0) is 14.5 Å². The number of hydrogen-bond acceptors (Lipinski definition) is 6. The molecule has 0 aliphatic heterocycles. The van der Waals surface area contributed by atoms with E-state index >= 15 is 0 Å². The number of carbonyl (C=O) groups is 2. The molecule has 7 nitrogen and oxygen atoms in total. The van der Waals surface area contributed by atoms with Crippen molar-refractivity contribution in [3.05, 3.63) is 48.0 Å². The van der Waals surface area contributed by atoms with Gasteiger partial charge in [-0.2, -0.15) is 4.89 Å². The van der Waals surface area contributed by atoms with Crippen LogP contribution in [0.1, 0.15) is 51.9 Å². The second kappa shape index (κ2) is 8.75. The third kappa shape index (κ3) is 6.22. The predicted octanol–water partition coefficient (Wildman–Crippen LogP) is 5.19. The van der Waals surface area contributed by atoms with Gasteiger partial charge in [-0.05, 0) is 65.3 Å². The van der Waals surface area contributed by atoms with Crippen molar-refractivity contribution in [2.75, 3.05) is 17.7 Å². The molecule has 2 rings (SSSR count). The van der Waals surface area contributed by atoms with Gasteiger partial charge in [0.25, 0.3) is 0 Å². The Morgan fingerprint density at radius 1 is 0.933 bits per heavy atom. The number of nitrogens with two attached hydrogens (primary N) is 1. The van der Waals surface area contributed by atoms with E-state index in [9.17, 15) is 9.59 Å². The number of hydrogen-bond donors (Lipinski definition) is 1. The van der Waals surface area contributed by atoms with Crippen LogP contribution < -0.4 is 10.6 Å². The number of nitrogen functional groups attached to an aromatic ring is 1. The summed E-state index contributed by atoms with van der Waals surface area (Å²) in [5.74, 6) is -0.673. The molecule has 0 fully saturated rings. The first kappa shape index (κ1) is 23.2. The minimum absolute atomic E-state index is 0.195. The second-order valence-electron chi connectivity index (χ2n) is 8.93. The lowest BCUT2D eigenvalue weighted by Crippen LogP contribution is -2.34. The number of amides is 1. The number of para-hydroxylation sites is 1. The lowest BCUT2D eigenvalue weighted by Gasteiger charge is -2.26. The number of rotatable bonds is 4. The molecule has 2 aromatic rings. The average Bonchev–Trinajstić information content (AvgIpc) is 2.63. The molecule has 0 aliphatic rings. The van der Waals surface area contributed by atoms with Crippen LogP contribution in [0.25, 0.3) is 11.1 Å². The zero-order valence-electron chi connectivity index (χ0n) is 18.6. The molecule has 0 bridgehead atoms. The van der Waals surface area contributed by atoms with E-state index < -0.39 is 23.3 Å². The van der Waals surface area contributed by atoms with Gasteiger partial charge in [-0.1, -0.05) is 24.3 Å². The van der Waals surface area contributed by atoms with Gasteiger partial charge >= 0.3 is 12.1 Å². The van der Waals surface area contributed by atoms with E-state index in [0.29, 0.717) is 5.69 Å². The maximum atomic E-state index is 12.5. The number of carbonyl (C=O) groups excluding carboxylic acids is 2. The van der Waals surface area contributed by atoms with Gasteiger partial charge in [0, 0.05) is 18.3 Å². The quantitative estimate of drug-likeness (QED) is 0.420. The molecule has 0 saturated carbocycles. The number of ether oxygens (including phenoxy) is 1. The molecule has 162 valence electrons. The van der Waals surface area contributed by atoms with Crippen molar-refractivity contribution in [3.63, 3.8) is 0 Å². The molecule has 0 aliphatic carbocycles. The smallest absolute Gasteiger partial charge is 0.414 e. The zero-order valence-corrected chi connectivity index (χ0v) is 18.6. The molecule has 0 aromatic heterocycles. The first-order valence-corrected chi connectivity index (χ1v) is 9.64. The lowest BCUT2D eigenvalue weighted by molar-refractivity contribution is -0.301. The molecule has 1 amide bonds. The second-order valence-corrected chi connectivity index (χ2v) is 8.93. The molecular weight excluding hydrogens is 384 g/mol. The van der Waals surface area contributed by atoms with Crippen molar-refractivity contribution in [3.8, 4) is 11.1 Å². The molecule has 0 radical (unpaired) electrons. The summed E-state index contributed by atoms with van der Waals surface area (Å²) in [5.41, 5.74) is 7.46. The summed E-state index contributed by atoms with van der Waals surface area (Å²) in [6.45, 7) is 10.7. The minimum atomic E-state index is -0.673. The maximum absolute atomic E-state index is 12.5. The summed E-state index contributed by atoms with van der Waals surface area (Å²) in [6.07, 6.45) is -0.470. The molecule has 0 heterocycles. The highest BCUT2D eigenvalue weighted by Crippen LogP contribution is 2.33. The molecular formula is C23H30N2O5. The summed E-state index contributed by atoms with van der Waals surface area (Å²) in [5, 5.41) is 0. The van der Waals surface area contributed by atoms with Gasteiger partial charge in [-0.3, -0.25) is 9.79 Å². The van der Waals surface area contributed by atoms with Crippen LogP contribution in [0.5, 0.6) is 0 Å². The van der Waals surface area contributed by atoms with Crippen LogP contribution in [0.4, 0.5) is 16.2 Å². The Morgan fingerprint density at radius 2 is 1.57 bits per heavy atom. The highest BCUT2D eigenvalue weighted by atomic mass is 17.2. The van der Waals surface area contributed by atoms with Crippen LogP contribution >= 0.6 is 0 Å². The fourth-order valence-electron chi connectivity index (χ4n) is 2.56. The largest absolute Gasteiger partial charge is 0.443 e. The first-order chi connectivity index (χ1) is 13.8. The number of nitrogens with zero attached hydrogens (tertiary/aromatic N) is 1. The van der Waals surface area contributed by atoms with E-state index in [1.807, 2.05) is 45.0 Å². The highest BCUT2D eigenvalue weighted by Gasteiger charge is 2.23. The Kier molecular flexibility index (Phi) is 6.77. The summed E-state index contributed by atoms with van der Waals surface area (Å²) in [6, 6.07) is 12.3. The zero-order chi connectivity index (χ0) is 22.7. The standard InChI is InChI=1S/C23H30N2O5/c1-22(2,3)28-21(27)25(7)19-11-9-8-10-16(19)15-12-13-17(18(24)14-15)20(26)29-30-23(4,5)6/h8-14H,24H2,1-7H3.